The average Bonchev–Trinajstić information content (AvgIpc) is 2.11. The largest absolute Gasteiger partial charge is 0.359 e. The standard InChI is InChI=1S/C7H12Cl2N2O/c1-10-7(12)2-3-11-5-6(9)4-8/h4,11H,2-3,5H2,1H3,(H,10,12). The molecule has 0 aromatic rings. The van der Waals surface area contributed by atoms with E-state index in [0.717, 1.165) is 0 Å². The lowest BCUT2D eigenvalue weighted by molar-refractivity contribution is -0.120. The minimum absolute atomic E-state index is 0.00785. The fourth-order valence-electron chi connectivity index (χ4n) is 0.573. The number of carbonyl (C=O) groups excluding carboxylic acids is 1. The monoisotopic (exact) mass is 210 g/mol. The molecule has 0 rings (SSSR count). The molecule has 0 radical (unpaired) electrons. The molecule has 0 aromatic heterocycles. The summed E-state index contributed by atoms with van der Waals surface area (Å²) in [7, 11) is 1.61. The lowest BCUT2D eigenvalue weighted by atomic mass is 10.4. The summed E-state index contributed by atoms with van der Waals surface area (Å²) in [6.45, 7) is 1.10. The van der Waals surface area contributed by atoms with Gasteiger partial charge in [0.2, 0.25) is 5.91 Å². The Labute approximate surface area is 82.1 Å². The van der Waals surface area contributed by atoms with Gasteiger partial charge in [0.1, 0.15) is 0 Å². The molecule has 0 bridgehead atoms. The Morgan fingerprint density at radius 1 is 1.58 bits per heavy atom. The van der Waals surface area contributed by atoms with Crippen LogP contribution in [0.5, 0.6) is 0 Å². The highest BCUT2D eigenvalue weighted by atomic mass is 35.5. The van der Waals surface area contributed by atoms with Gasteiger partial charge in [-0.1, -0.05) is 23.2 Å². The van der Waals surface area contributed by atoms with Gasteiger partial charge in [-0.05, 0) is 0 Å². The van der Waals surface area contributed by atoms with Crippen molar-refractivity contribution in [1.29, 1.82) is 0 Å². The van der Waals surface area contributed by atoms with Crippen LogP contribution in [-0.4, -0.2) is 26.0 Å². The number of nitrogens with one attached hydrogen (secondary N) is 2. The molecule has 0 saturated heterocycles. The first-order valence-corrected chi connectivity index (χ1v) is 4.38. The van der Waals surface area contributed by atoms with E-state index in [2.05, 4.69) is 10.6 Å². The van der Waals surface area contributed by atoms with Crippen molar-refractivity contribution in [2.45, 2.75) is 6.42 Å². The Balaban J connectivity index is 3.27. The summed E-state index contributed by atoms with van der Waals surface area (Å²) in [5, 5.41) is 6.01. The van der Waals surface area contributed by atoms with Crippen LogP contribution < -0.4 is 10.6 Å². The Kier molecular flexibility index (Phi) is 7.25. The summed E-state index contributed by atoms with van der Waals surface area (Å²) < 4.78 is 0. The maximum absolute atomic E-state index is 10.7. The van der Waals surface area contributed by atoms with Gasteiger partial charge in [0.25, 0.3) is 0 Å². The van der Waals surface area contributed by atoms with Crippen molar-refractivity contribution in [3.63, 3.8) is 0 Å². The summed E-state index contributed by atoms with van der Waals surface area (Å²) in [5.41, 5.74) is 1.30. The average molecular weight is 211 g/mol. The Morgan fingerprint density at radius 2 is 2.25 bits per heavy atom. The van der Waals surface area contributed by atoms with Crippen LogP contribution in [-0.2, 0) is 4.79 Å². The number of carbonyl (C=O) groups is 1. The molecule has 0 saturated carbocycles. The third-order valence-corrected chi connectivity index (χ3v) is 1.84. The first kappa shape index (κ1) is 11.8. The molecule has 70 valence electrons. The molecule has 12 heavy (non-hydrogen) atoms. The van der Waals surface area contributed by atoms with Crippen LogP contribution in [0.1, 0.15) is 6.42 Å². The van der Waals surface area contributed by atoms with Crippen molar-refractivity contribution >= 4 is 29.1 Å². The zero-order chi connectivity index (χ0) is 9.40. The van der Waals surface area contributed by atoms with Crippen molar-refractivity contribution in [2.24, 2.45) is 0 Å². The molecule has 0 unspecified atom stereocenters. The lowest BCUT2D eigenvalue weighted by Gasteiger charge is -2.01. The van der Waals surface area contributed by atoms with Crippen LogP contribution in [0.3, 0.4) is 0 Å². The molecule has 3 nitrogen and oxygen atoms in total. The van der Waals surface area contributed by atoms with E-state index in [4.69, 9.17) is 23.2 Å². The maximum Gasteiger partial charge on any atom is 0.221 e. The van der Waals surface area contributed by atoms with E-state index in [1.807, 2.05) is 0 Å². The van der Waals surface area contributed by atoms with Gasteiger partial charge in [0.05, 0.1) is 0 Å². The van der Waals surface area contributed by atoms with Crippen molar-refractivity contribution in [1.82, 2.24) is 10.6 Å². The molecule has 2 N–H and O–H groups in total. The normalized spacial score (nSPS) is 11.4. The molecule has 0 fully saturated rings. The van der Waals surface area contributed by atoms with Gasteiger partial charge in [-0.2, -0.15) is 0 Å². The van der Waals surface area contributed by atoms with Gasteiger partial charge < -0.3 is 10.6 Å². The zero-order valence-corrected chi connectivity index (χ0v) is 8.37. The van der Waals surface area contributed by atoms with E-state index in [0.29, 0.717) is 24.5 Å². The van der Waals surface area contributed by atoms with E-state index in [9.17, 15) is 4.79 Å². The smallest absolute Gasteiger partial charge is 0.221 e. The number of halogens is 2. The third kappa shape index (κ3) is 6.46. The summed E-state index contributed by atoms with van der Waals surface area (Å²) in [6, 6.07) is 0. The van der Waals surface area contributed by atoms with Gasteiger partial charge in [-0.3, -0.25) is 4.79 Å². The minimum Gasteiger partial charge on any atom is -0.359 e. The lowest BCUT2D eigenvalue weighted by Crippen LogP contribution is -2.25. The second-order valence-corrected chi connectivity index (χ2v) is 2.86. The Hall–Kier alpha value is -0.250. The molecule has 0 aliphatic carbocycles. The summed E-state index contributed by atoms with van der Waals surface area (Å²) in [4.78, 5) is 10.7. The van der Waals surface area contributed by atoms with Crippen LogP contribution in [0, 0.1) is 0 Å². The van der Waals surface area contributed by atoms with Crippen molar-refractivity contribution in [3.05, 3.63) is 10.6 Å². The third-order valence-electron chi connectivity index (χ3n) is 1.22. The second-order valence-electron chi connectivity index (χ2n) is 2.16. The van der Waals surface area contributed by atoms with E-state index < -0.39 is 0 Å². The molecule has 0 aromatic carbocycles. The van der Waals surface area contributed by atoms with E-state index in [-0.39, 0.29) is 5.91 Å². The molecule has 0 aliphatic rings. The van der Waals surface area contributed by atoms with Gasteiger partial charge in [0.15, 0.2) is 0 Å². The van der Waals surface area contributed by atoms with Gasteiger partial charge in [-0.25, -0.2) is 0 Å². The highest BCUT2D eigenvalue weighted by Crippen LogP contribution is 1.99. The van der Waals surface area contributed by atoms with Crippen LogP contribution in [0.2, 0.25) is 0 Å². The molecule has 1 amide bonds. The summed E-state index contributed by atoms with van der Waals surface area (Å²) in [5.74, 6) is 0.00785. The number of rotatable bonds is 5. The Bertz CT molecular complexity index is 171. The van der Waals surface area contributed by atoms with Crippen molar-refractivity contribution < 1.29 is 4.79 Å². The minimum atomic E-state index is 0.00785. The number of hydrogen-bond acceptors (Lipinski definition) is 2. The van der Waals surface area contributed by atoms with E-state index >= 15 is 0 Å². The van der Waals surface area contributed by atoms with E-state index in [1.165, 1.54) is 5.54 Å². The van der Waals surface area contributed by atoms with Crippen molar-refractivity contribution in [3.8, 4) is 0 Å². The predicted octanol–water partition coefficient (Wildman–Crippen LogP) is 1.03. The van der Waals surface area contributed by atoms with Crippen molar-refractivity contribution in [2.75, 3.05) is 20.1 Å². The maximum atomic E-state index is 10.7. The zero-order valence-electron chi connectivity index (χ0n) is 6.86. The first-order chi connectivity index (χ1) is 5.70. The summed E-state index contributed by atoms with van der Waals surface area (Å²) >= 11 is 10.9. The summed E-state index contributed by atoms with van der Waals surface area (Å²) in [6.07, 6.45) is 0.447. The molecule has 0 atom stereocenters. The topological polar surface area (TPSA) is 41.1 Å². The Morgan fingerprint density at radius 3 is 2.75 bits per heavy atom. The fraction of sp³-hybridized carbons (Fsp3) is 0.571. The quantitative estimate of drug-likeness (QED) is 0.667. The van der Waals surface area contributed by atoms with E-state index in [1.54, 1.807) is 7.05 Å². The van der Waals surface area contributed by atoms with Gasteiger partial charge in [-0.15, -0.1) is 0 Å². The molecule has 0 aliphatic heterocycles. The molecular weight excluding hydrogens is 199 g/mol. The molecule has 0 heterocycles. The molecular formula is C7H12Cl2N2O. The molecule has 5 heteroatoms. The van der Waals surface area contributed by atoms with Crippen LogP contribution >= 0.6 is 23.2 Å². The predicted molar refractivity (Wildman–Crippen MR) is 51.3 cm³/mol. The first-order valence-electron chi connectivity index (χ1n) is 3.56. The van der Waals surface area contributed by atoms with Gasteiger partial charge >= 0.3 is 0 Å². The van der Waals surface area contributed by atoms with Crippen LogP contribution in [0.4, 0.5) is 0 Å². The van der Waals surface area contributed by atoms with Crippen LogP contribution in [0.15, 0.2) is 10.6 Å². The highest BCUT2D eigenvalue weighted by molar-refractivity contribution is 6.36. The second kappa shape index (κ2) is 7.40. The fourth-order valence-corrected chi connectivity index (χ4v) is 0.745. The van der Waals surface area contributed by atoms with Gasteiger partial charge in [0, 0.05) is 37.1 Å². The number of hydrogen-bond donors (Lipinski definition) is 2. The SMILES string of the molecule is CNC(=O)CCNCC(Cl)=CCl. The highest BCUT2D eigenvalue weighted by Gasteiger charge is 1.96. The number of amides is 1. The molecule has 0 spiro atoms. The van der Waals surface area contributed by atoms with Crippen LogP contribution in [0.25, 0.3) is 0 Å².